The summed E-state index contributed by atoms with van der Waals surface area (Å²) in [6, 6.07) is 1.23. The Balaban J connectivity index is 2.28. The summed E-state index contributed by atoms with van der Waals surface area (Å²) in [4.78, 5) is 0. The number of rotatable bonds is 3. The molecule has 1 aliphatic rings. The van der Waals surface area contributed by atoms with Gasteiger partial charge in [-0.05, 0) is 56.7 Å². The lowest BCUT2D eigenvalue weighted by molar-refractivity contribution is 0.0613. The van der Waals surface area contributed by atoms with Gasteiger partial charge < -0.3 is 15.9 Å². The van der Waals surface area contributed by atoms with Crippen LogP contribution in [0.2, 0.25) is 0 Å². The van der Waals surface area contributed by atoms with Gasteiger partial charge in [0.25, 0.3) is 0 Å². The molecule has 0 aromatic heterocycles. The van der Waals surface area contributed by atoms with Crippen LogP contribution in [0.5, 0.6) is 5.75 Å². The Hall–Kier alpha value is 0.380. The van der Waals surface area contributed by atoms with Crippen LogP contribution < -0.4 is 5.73 Å². The van der Waals surface area contributed by atoms with Crippen LogP contribution >= 0.6 is 47.8 Å². The Bertz CT molecular complexity index is 490. The van der Waals surface area contributed by atoms with Crippen molar-refractivity contribution in [3.8, 4) is 5.75 Å². The summed E-state index contributed by atoms with van der Waals surface area (Å²) in [5.74, 6) is 0.345. The minimum Gasteiger partial charge on any atom is -0.506 e. The first-order valence-corrected chi connectivity index (χ1v) is 9.11. The number of phenolic OH excluding ortho intramolecular Hbond substituents is 1. The van der Waals surface area contributed by atoms with Gasteiger partial charge in [-0.3, -0.25) is 0 Å². The molecule has 0 bridgehead atoms. The highest BCUT2D eigenvalue weighted by Crippen LogP contribution is 2.43. The van der Waals surface area contributed by atoms with Crippen molar-refractivity contribution >= 4 is 47.8 Å². The number of nitrogens with two attached hydrogens (primary N) is 1. The van der Waals surface area contributed by atoms with Gasteiger partial charge in [-0.25, -0.2) is 0 Å². The van der Waals surface area contributed by atoms with Crippen LogP contribution in [-0.4, -0.2) is 16.3 Å². The summed E-state index contributed by atoms with van der Waals surface area (Å²) in [5, 5.41) is 20.5. The van der Waals surface area contributed by atoms with Crippen LogP contribution in [0.15, 0.2) is 19.5 Å². The molecule has 0 radical (unpaired) electrons. The molecule has 2 rings (SSSR count). The number of hydrogen-bond acceptors (Lipinski definition) is 3. The zero-order valence-corrected chi connectivity index (χ0v) is 15.7. The molecule has 2 atom stereocenters. The van der Waals surface area contributed by atoms with Crippen LogP contribution in [-0.2, 0) is 0 Å². The van der Waals surface area contributed by atoms with Gasteiger partial charge in [0.2, 0.25) is 0 Å². The smallest absolute Gasteiger partial charge is 0.144 e. The van der Waals surface area contributed by atoms with Gasteiger partial charge >= 0.3 is 0 Å². The average Bonchev–Trinajstić information content (AvgIpc) is 2.45. The summed E-state index contributed by atoms with van der Waals surface area (Å²) < 4.78 is 1.89. The molecule has 0 saturated heterocycles. The van der Waals surface area contributed by atoms with Gasteiger partial charge in [-0.1, -0.05) is 35.2 Å². The Morgan fingerprint density at radius 3 is 2.30 bits per heavy atom. The van der Waals surface area contributed by atoms with Crippen molar-refractivity contribution in [1.82, 2.24) is 0 Å². The van der Waals surface area contributed by atoms with Crippen molar-refractivity contribution in [1.29, 1.82) is 0 Å². The molecule has 4 N–H and O–H groups in total. The molecular weight excluding hydrogens is 454 g/mol. The molecule has 6 heteroatoms. The van der Waals surface area contributed by atoms with Gasteiger partial charge in [0.1, 0.15) is 5.75 Å². The highest BCUT2D eigenvalue weighted by Gasteiger charge is 2.30. The van der Waals surface area contributed by atoms with Crippen molar-refractivity contribution < 1.29 is 10.2 Å². The zero-order chi connectivity index (χ0) is 14.9. The normalized spacial score (nSPS) is 19.9. The predicted octanol–water partition coefficient (Wildman–Crippen LogP) is 4.62. The Morgan fingerprint density at radius 2 is 1.70 bits per heavy atom. The van der Waals surface area contributed by atoms with Crippen molar-refractivity contribution in [3.05, 3.63) is 25.0 Å². The van der Waals surface area contributed by atoms with E-state index in [0.717, 1.165) is 30.2 Å². The molecule has 0 amide bonds. The van der Waals surface area contributed by atoms with Crippen LogP contribution in [0, 0.1) is 5.92 Å². The van der Waals surface area contributed by atoms with Crippen LogP contribution in [0.25, 0.3) is 0 Å². The van der Waals surface area contributed by atoms with E-state index in [1.54, 1.807) is 6.07 Å². The van der Waals surface area contributed by atoms with E-state index in [4.69, 9.17) is 5.73 Å². The fourth-order valence-corrected chi connectivity index (χ4v) is 5.49. The fraction of sp³-hybridized carbons (Fsp3) is 0.571. The van der Waals surface area contributed by atoms with E-state index >= 15 is 0 Å². The SMILES string of the molecule is N[C@H](c1c(Br)cc(Br)c(O)c1Br)[C@@H](O)C1CCCCC1. The van der Waals surface area contributed by atoms with E-state index in [9.17, 15) is 10.2 Å². The highest BCUT2D eigenvalue weighted by molar-refractivity contribution is 9.11. The molecule has 20 heavy (non-hydrogen) atoms. The first-order valence-electron chi connectivity index (χ1n) is 6.73. The second-order valence-corrected chi connectivity index (χ2v) is 7.83. The fourth-order valence-electron chi connectivity index (χ4n) is 2.84. The lowest BCUT2D eigenvalue weighted by atomic mass is 9.81. The first-order chi connectivity index (χ1) is 9.43. The molecule has 0 aliphatic heterocycles. The van der Waals surface area contributed by atoms with E-state index in [1.807, 2.05) is 0 Å². The van der Waals surface area contributed by atoms with Crippen molar-refractivity contribution in [2.75, 3.05) is 0 Å². The second-order valence-electron chi connectivity index (χ2n) is 5.33. The molecule has 0 unspecified atom stereocenters. The minimum absolute atomic E-state index is 0.106. The van der Waals surface area contributed by atoms with Gasteiger partial charge in [0.15, 0.2) is 0 Å². The quantitative estimate of drug-likeness (QED) is 0.602. The monoisotopic (exact) mass is 469 g/mol. The molecular formula is C14H18Br3NO2. The molecule has 1 saturated carbocycles. The summed E-state index contributed by atoms with van der Waals surface area (Å²) in [6.07, 6.45) is 5.00. The van der Waals surface area contributed by atoms with Gasteiger partial charge in [-0.15, -0.1) is 0 Å². The second kappa shape index (κ2) is 7.09. The number of hydrogen-bond donors (Lipinski definition) is 3. The lowest BCUT2D eigenvalue weighted by Crippen LogP contribution is -2.34. The van der Waals surface area contributed by atoms with Gasteiger partial charge in [-0.2, -0.15) is 0 Å². The maximum atomic E-state index is 10.5. The first kappa shape index (κ1) is 16.7. The Labute approximate surface area is 144 Å². The molecule has 1 aromatic rings. The summed E-state index contributed by atoms with van der Waals surface area (Å²) >= 11 is 10.1. The maximum Gasteiger partial charge on any atom is 0.144 e. The number of benzene rings is 1. The van der Waals surface area contributed by atoms with Crippen molar-refractivity contribution in [2.45, 2.75) is 44.2 Å². The molecule has 0 heterocycles. The molecule has 0 spiro atoms. The van der Waals surface area contributed by atoms with E-state index in [2.05, 4.69) is 47.8 Å². The molecule has 3 nitrogen and oxygen atoms in total. The van der Waals surface area contributed by atoms with Gasteiger partial charge in [0, 0.05) is 10.0 Å². The lowest BCUT2D eigenvalue weighted by Gasteiger charge is -2.31. The molecule has 1 aliphatic carbocycles. The van der Waals surface area contributed by atoms with E-state index in [1.165, 1.54) is 6.42 Å². The largest absolute Gasteiger partial charge is 0.506 e. The summed E-state index contributed by atoms with van der Waals surface area (Å²) in [5.41, 5.74) is 6.97. The molecule has 112 valence electrons. The molecule has 1 aromatic carbocycles. The van der Waals surface area contributed by atoms with Crippen LogP contribution in [0.4, 0.5) is 0 Å². The van der Waals surface area contributed by atoms with E-state index < -0.39 is 12.1 Å². The minimum atomic E-state index is -0.594. The standard InChI is InChI=1S/C14H18Br3NO2/c15-8-6-9(16)14(20)11(17)10(8)12(18)13(19)7-4-2-1-3-5-7/h6-7,12-13,19-20H,1-5,18H2/t12-,13+/m1/s1. The number of aromatic hydroxyl groups is 1. The van der Waals surface area contributed by atoms with Gasteiger partial charge in [0.05, 0.1) is 21.1 Å². The molecule has 1 fully saturated rings. The van der Waals surface area contributed by atoms with Crippen molar-refractivity contribution in [3.63, 3.8) is 0 Å². The Kier molecular flexibility index (Phi) is 5.94. The van der Waals surface area contributed by atoms with Crippen LogP contribution in [0.1, 0.15) is 43.7 Å². The predicted molar refractivity (Wildman–Crippen MR) is 90.7 cm³/mol. The number of aliphatic hydroxyl groups is 1. The van der Waals surface area contributed by atoms with E-state index in [-0.39, 0.29) is 11.7 Å². The number of aliphatic hydroxyl groups excluding tert-OH is 1. The topological polar surface area (TPSA) is 66.5 Å². The average molecular weight is 472 g/mol. The Morgan fingerprint density at radius 1 is 1.10 bits per heavy atom. The third-order valence-corrected chi connectivity index (χ3v) is 6.08. The number of halogens is 3. The number of phenols is 1. The highest BCUT2D eigenvalue weighted by atomic mass is 79.9. The summed E-state index contributed by atoms with van der Waals surface area (Å²) in [6.45, 7) is 0. The zero-order valence-electron chi connectivity index (χ0n) is 11.0. The van der Waals surface area contributed by atoms with Crippen LogP contribution in [0.3, 0.4) is 0 Å². The van der Waals surface area contributed by atoms with E-state index in [0.29, 0.717) is 14.5 Å². The van der Waals surface area contributed by atoms with Crippen molar-refractivity contribution in [2.24, 2.45) is 11.7 Å². The third kappa shape index (κ3) is 3.40. The third-order valence-electron chi connectivity index (χ3n) is 4.02. The summed E-state index contributed by atoms with van der Waals surface area (Å²) in [7, 11) is 0. The maximum absolute atomic E-state index is 10.5.